The third-order valence-corrected chi connectivity index (χ3v) is 3.23. The summed E-state index contributed by atoms with van der Waals surface area (Å²) >= 11 is 11.9. The lowest BCUT2D eigenvalue weighted by molar-refractivity contribution is 0.0980. The summed E-state index contributed by atoms with van der Waals surface area (Å²) in [6.45, 7) is 3.81. The van der Waals surface area contributed by atoms with Crippen molar-refractivity contribution in [3.63, 3.8) is 0 Å². The Morgan fingerprint density at radius 1 is 1.27 bits per heavy atom. The van der Waals surface area contributed by atoms with E-state index in [0.29, 0.717) is 15.6 Å². The Bertz CT molecular complexity index is 341. The first-order chi connectivity index (χ1) is 6.95. The van der Waals surface area contributed by atoms with Gasteiger partial charge in [0.15, 0.2) is 0 Å². The molecule has 0 aromatic heterocycles. The molecule has 0 bridgehead atoms. The number of benzene rings is 1. The zero-order chi connectivity index (χ0) is 11.6. The Morgan fingerprint density at radius 3 is 2.40 bits per heavy atom. The van der Waals surface area contributed by atoms with Crippen molar-refractivity contribution in [1.29, 1.82) is 0 Å². The molecule has 0 fully saturated rings. The molecule has 2 nitrogen and oxygen atoms in total. The van der Waals surface area contributed by atoms with Crippen LogP contribution in [0.2, 0.25) is 10.0 Å². The fraction of sp³-hybridized carbons (Fsp3) is 0.455. The second kappa shape index (κ2) is 5.17. The minimum absolute atomic E-state index is 0.0787. The fourth-order valence-corrected chi connectivity index (χ4v) is 1.81. The molecule has 1 aromatic rings. The standard InChI is InChI=1S/C11H15Cl2NO/c1-6(2)11(15)10(14)7-4-3-5-8(12)9(7)13/h3-6,10-11,15H,14H2,1-2H3/t10-,11+/m1/s1. The maximum Gasteiger partial charge on any atom is 0.0756 e. The van der Waals surface area contributed by atoms with Gasteiger partial charge in [-0.05, 0) is 17.5 Å². The van der Waals surface area contributed by atoms with Gasteiger partial charge in [0, 0.05) is 0 Å². The van der Waals surface area contributed by atoms with Crippen LogP contribution in [-0.2, 0) is 0 Å². The molecule has 0 aliphatic heterocycles. The van der Waals surface area contributed by atoms with Crippen molar-refractivity contribution in [3.05, 3.63) is 33.8 Å². The number of aliphatic hydroxyl groups excluding tert-OH is 1. The van der Waals surface area contributed by atoms with Gasteiger partial charge in [-0.1, -0.05) is 49.2 Å². The topological polar surface area (TPSA) is 46.2 Å². The number of aliphatic hydroxyl groups is 1. The minimum atomic E-state index is -0.624. The smallest absolute Gasteiger partial charge is 0.0756 e. The van der Waals surface area contributed by atoms with Crippen LogP contribution >= 0.6 is 23.2 Å². The maximum atomic E-state index is 9.84. The number of nitrogens with two attached hydrogens (primary N) is 1. The van der Waals surface area contributed by atoms with Crippen LogP contribution in [0.4, 0.5) is 0 Å². The first-order valence-electron chi connectivity index (χ1n) is 4.82. The quantitative estimate of drug-likeness (QED) is 0.863. The second-order valence-electron chi connectivity index (χ2n) is 3.90. The van der Waals surface area contributed by atoms with Crippen molar-refractivity contribution >= 4 is 23.2 Å². The molecule has 0 aliphatic rings. The molecule has 84 valence electrons. The summed E-state index contributed by atoms with van der Waals surface area (Å²) in [7, 11) is 0. The summed E-state index contributed by atoms with van der Waals surface area (Å²) in [6, 6.07) is 4.75. The van der Waals surface area contributed by atoms with E-state index in [-0.39, 0.29) is 5.92 Å². The third kappa shape index (κ3) is 2.85. The van der Waals surface area contributed by atoms with Crippen molar-refractivity contribution in [2.24, 2.45) is 11.7 Å². The molecule has 0 unspecified atom stereocenters. The van der Waals surface area contributed by atoms with Crippen LogP contribution in [0.3, 0.4) is 0 Å². The number of hydrogen-bond acceptors (Lipinski definition) is 2. The van der Waals surface area contributed by atoms with Gasteiger partial charge in [0.05, 0.1) is 22.2 Å². The highest BCUT2D eigenvalue weighted by molar-refractivity contribution is 6.42. The van der Waals surface area contributed by atoms with E-state index in [1.807, 2.05) is 13.8 Å². The summed E-state index contributed by atoms with van der Waals surface area (Å²) in [5.74, 6) is 0.0787. The van der Waals surface area contributed by atoms with Gasteiger partial charge >= 0.3 is 0 Å². The molecule has 0 amide bonds. The largest absolute Gasteiger partial charge is 0.391 e. The van der Waals surface area contributed by atoms with Crippen LogP contribution < -0.4 is 5.73 Å². The number of rotatable bonds is 3. The molecular formula is C11H15Cl2NO. The Hall–Kier alpha value is -0.280. The predicted octanol–water partition coefficient (Wildman–Crippen LogP) is 3.01. The highest BCUT2D eigenvalue weighted by Gasteiger charge is 2.22. The van der Waals surface area contributed by atoms with Gasteiger partial charge in [-0.15, -0.1) is 0 Å². The number of halogens is 2. The van der Waals surface area contributed by atoms with Crippen LogP contribution in [0.15, 0.2) is 18.2 Å². The lowest BCUT2D eigenvalue weighted by Crippen LogP contribution is -2.30. The van der Waals surface area contributed by atoms with Crippen LogP contribution in [-0.4, -0.2) is 11.2 Å². The summed E-state index contributed by atoms with van der Waals surface area (Å²) in [6.07, 6.45) is -0.624. The Labute approximate surface area is 100.0 Å². The van der Waals surface area contributed by atoms with Gasteiger partial charge in [0.2, 0.25) is 0 Å². The van der Waals surface area contributed by atoms with E-state index in [4.69, 9.17) is 28.9 Å². The zero-order valence-corrected chi connectivity index (χ0v) is 10.3. The molecular weight excluding hydrogens is 233 g/mol. The van der Waals surface area contributed by atoms with Crippen LogP contribution in [0.1, 0.15) is 25.5 Å². The van der Waals surface area contributed by atoms with E-state index in [0.717, 1.165) is 0 Å². The predicted molar refractivity (Wildman–Crippen MR) is 64.2 cm³/mol. The SMILES string of the molecule is CC(C)[C@H](O)[C@H](N)c1cccc(Cl)c1Cl. The van der Waals surface area contributed by atoms with Crippen LogP contribution in [0, 0.1) is 5.92 Å². The fourth-order valence-electron chi connectivity index (χ4n) is 1.38. The van der Waals surface area contributed by atoms with E-state index in [2.05, 4.69) is 0 Å². The maximum absolute atomic E-state index is 9.84. The van der Waals surface area contributed by atoms with Gasteiger partial charge < -0.3 is 10.8 Å². The number of hydrogen-bond donors (Lipinski definition) is 2. The average molecular weight is 248 g/mol. The zero-order valence-electron chi connectivity index (χ0n) is 8.74. The molecule has 15 heavy (non-hydrogen) atoms. The lowest BCUT2D eigenvalue weighted by atomic mass is 9.94. The molecule has 0 saturated heterocycles. The molecule has 0 aliphatic carbocycles. The highest BCUT2D eigenvalue weighted by atomic mass is 35.5. The van der Waals surface area contributed by atoms with E-state index in [1.54, 1.807) is 18.2 Å². The Balaban J connectivity index is 3.01. The van der Waals surface area contributed by atoms with E-state index in [1.165, 1.54) is 0 Å². The van der Waals surface area contributed by atoms with Gasteiger partial charge in [-0.2, -0.15) is 0 Å². The molecule has 3 N–H and O–H groups in total. The third-order valence-electron chi connectivity index (χ3n) is 2.39. The first kappa shape index (κ1) is 12.8. The molecule has 2 atom stereocenters. The first-order valence-corrected chi connectivity index (χ1v) is 5.58. The summed E-state index contributed by atoms with van der Waals surface area (Å²) in [4.78, 5) is 0. The van der Waals surface area contributed by atoms with Gasteiger partial charge in [-0.3, -0.25) is 0 Å². The van der Waals surface area contributed by atoms with E-state index < -0.39 is 12.1 Å². The highest BCUT2D eigenvalue weighted by Crippen LogP contribution is 2.31. The Kier molecular flexibility index (Phi) is 4.41. The van der Waals surface area contributed by atoms with Crippen LogP contribution in [0.25, 0.3) is 0 Å². The molecule has 0 radical (unpaired) electrons. The minimum Gasteiger partial charge on any atom is -0.391 e. The molecule has 0 saturated carbocycles. The summed E-state index contributed by atoms with van der Waals surface area (Å²) < 4.78 is 0. The van der Waals surface area contributed by atoms with Crippen LogP contribution in [0.5, 0.6) is 0 Å². The van der Waals surface area contributed by atoms with Crippen molar-refractivity contribution in [3.8, 4) is 0 Å². The molecule has 0 heterocycles. The second-order valence-corrected chi connectivity index (χ2v) is 4.69. The monoisotopic (exact) mass is 247 g/mol. The summed E-state index contributed by atoms with van der Waals surface area (Å²) in [5, 5.41) is 10.7. The van der Waals surface area contributed by atoms with Crippen molar-refractivity contribution in [1.82, 2.24) is 0 Å². The molecule has 4 heteroatoms. The molecule has 1 rings (SSSR count). The van der Waals surface area contributed by atoms with E-state index >= 15 is 0 Å². The van der Waals surface area contributed by atoms with Crippen molar-refractivity contribution in [2.45, 2.75) is 26.0 Å². The molecule has 1 aromatic carbocycles. The van der Waals surface area contributed by atoms with Gasteiger partial charge in [0.25, 0.3) is 0 Å². The van der Waals surface area contributed by atoms with Gasteiger partial charge in [0.1, 0.15) is 0 Å². The van der Waals surface area contributed by atoms with Gasteiger partial charge in [-0.25, -0.2) is 0 Å². The Morgan fingerprint density at radius 2 is 1.87 bits per heavy atom. The van der Waals surface area contributed by atoms with Crippen molar-refractivity contribution < 1.29 is 5.11 Å². The summed E-state index contributed by atoms with van der Waals surface area (Å²) in [5.41, 5.74) is 6.60. The lowest BCUT2D eigenvalue weighted by Gasteiger charge is -2.23. The normalized spacial score (nSPS) is 15.4. The van der Waals surface area contributed by atoms with Crippen molar-refractivity contribution in [2.75, 3.05) is 0 Å². The average Bonchev–Trinajstić information content (AvgIpc) is 2.20. The van der Waals surface area contributed by atoms with E-state index in [9.17, 15) is 5.11 Å². The molecule has 0 spiro atoms.